The van der Waals surface area contributed by atoms with Gasteiger partial charge in [0.1, 0.15) is 6.61 Å². The van der Waals surface area contributed by atoms with Gasteiger partial charge in [-0.3, -0.25) is 4.90 Å². The van der Waals surface area contributed by atoms with Crippen LogP contribution in [0.4, 0.5) is 13.2 Å². The molecule has 108 valence electrons. The molecule has 1 N–H and O–H groups in total. The van der Waals surface area contributed by atoms with E-state index in [4.69, 9.17) is 0 Å². The zero-order valence-corrected chi connectivity index (χ0v) is 10.9. The van der Waals surface area contributed by atoms with Gasteiger partial charge < -0.3 is 10.1 Å². The molecule has 1 heterocycles. The lowest BCUT2D eigenvalue weighted by atomic mass is 10.1. The van der Waals surface area contributed by atoms with Gasteiger partial charge in [0.2, 0.25) is 0 Å². The van der Waals surface area contributed by atoms with Gasteiger partial charge >= 0.3 is 6.18 Å². The average Bonchev–Trinajstić information content (AvgIpc) is 2.33. The van der Waals surface area contributed by atoms with Crippen LogP contribution in [0.3, 0.4) is 0 Å². The van der Waals surface area contributed by atoms with E-state index in [-0.39, 0.29) is 6.61 Å². The Hall–Kier alpha value is -0.330. The van der Waals surface area contributed by atoms with E-state index in [2.05, 4.69) is 21.9 Å². The molecular weight excluding hydrogens is 245 g/mol. The summed E-state index contributed by atoms with van der Waals surface area (Å²) in [5.74, 6) is 0. The van der Waals surface area contributed by atoms with Crippen LogP contribution in [-0.2, 0) is 4.74 Å². The summed E-state index contributed by atoms with van der Waals surface area (Å²) in [4.78, 5) is 2.42. The number of alkyl halides is 3. The highest BCUT2D eigenvalue weighted by atomic mass is 19.4. The third kappa shape index (κ3) is 7.18. The lowest BCUT2D eigenvalue weighted by Crippen LogP contribution is -2.43. The van der Waals surface area contributed by atoms with E-state index < -0.39 is 12.8 Å². The second kappa shape index (κ2) is 7.96. The van der Waals surface area contributed by atoms with Gasteiger partial charge in [0.25, 0.3) is 0 Å². The topological polar surface area (TPSA) is 24.5 Å². The molecule has 0 amide bonds. The largest absolute Gasteiger partial charge is 0.411 e. The van der Waals surface area contributed by atoms with Crippen molar-refractivity contribution in [1.29, 1.82) is 0 Å². The summed E-state index contributed by atoms with van der Waals surface area (Å²) in [6, 6.07) is 0.438. The number of halogens is 3. The molecule has 1 fully saturated rings. The smallest absolute Gasteiger partial charge is 0.371 e. The predicted molar refractivity (Wildman–Crippen MR) is 64.6 cm³/mol. The van der Waals surface area contributed by atoms with Crippen LogP contribution in [-0.4, -0.2) is 56.5 Å². The molecule has 0 saturated carbocycles. The number of likely N-dealkylation sites (tertiary alicyclic amines) is 1. The molecular formula is C12H23F3N2O. The fraction of sp³-hybridized carbons (Fsp3) is 1.00. The number of hydrogen-bond acceptors (Lipinski definition) is 3. The molecule has 0 aromatic rings. The van der Waals surface area contributed by atoms with Crippen molar-refractivity contribution in [3.8, 4) is 0 Å². The predicted octanol–water partition coefficient (Wildman–Crippen LogP) is 2.03. The standard InChI is InChI=1S/C12H23F3N2O/c1-11(17-6-3-2-4-7-17)9-16-5-8-18-10-12(13,14)15/h11,16H,2-10H2,1H3. The quantitative estimate of drug-likeness (QED) is 0.715. The maximum atomic E-state index is 11.8. The van der Waals surface area contributed by atoms with Gasteiger partial charge in [0, 0.05) is 19.1 Å². The fourth-order valence-electron chi connectivity index (χ4n) is 2.13. The van der Waals surface area contributed by atoms with Crippen molar-refractivity contribution in [2.45, 2.75) is 38.4 Å². The molecule has 1 unspecified atom stereocenters. The summed E-state index contributed by atoms with van der Waals surface area (Å²) in [7, 11) is 0. The lowest BCUT2D eigenvalue weighted by Gasteiger charge is -2.32. The van der Waals surface area contributed by atoms with E-state index in [1.807, 2.05) is 0 Å². The van der Waals surface area contributed by atoms with Crippen molar-refractivity contribution in [2.24, 2.45) is 0 Å². The molecule has 1 aliphatic heterocycles. The first-order valence-corrected chi connectivity index (χ1v) is 6.58. The molecule has 0 aromatic carbocycles. The minimum absolute atomic E-state index is 0.103. The van der Waals surface area contributed by atoms with Gasteiger partial charge in [-0.15, -0.1) is 0 Å². The number of hydrogen-bond donors (Lipinski definition) is 1. The molecule has 1 rings (SSSR count). The first-order valence-electron chi connectivity index (χ1n) is 6.58. The zero-order chi connectivity index (χ0) is 13.4. The Bertz CT molecular complexity index is 218. The van der Waals surface area contributed by atoms with Crippen LogP contribution in [0.15, 0.2) is 0 Å². The number of nitrogens with zero attached hydrogens (tertiary/aromatic N) is 1. The average molecular weight is 268 g/mol. The Morgan fingerprint density at radius 3 is 2.50 bits per heavy atom. The summed E-state index contributed by atoms with van der Waals surface area (Å²) >= 11 is 0. The molecule has 3 nitrogen and oxygen atoms in total. The van der Waals surface area contributed by atoms with Gasteiger partial charge in [0.05, 0.1) is 6.61 Å². The maximum absolute atomic E-state index is 11.8. The summed E-state index contributed by atoms with van der Waals surface area (Å²) in [5.41, 5.74) is 0. The van der Waals surface area contributed by atoms with Crippen LogP contribution in [0.1, 0.15) is 26.2 Å². The van der Waals surface area contributed by atoms with Crippen LogP contribution < -0.4 is 5.32 Å². The van der Waals surface area contributed by atoms with Crippen LogP contribution >= 0.6 is 0 Å². The Balaban J connectivity index is 1.96. The van der Waals surface area contributed by atoms with Crippen molar-refractivity contribution in [2.75, 3.05) is 39.4 Å². The molecule has 18 heavy (non-hydrogen) atoms. The summed E-state index contributed by atoms with van der Waals surface area (Å²) in [6.07, 6.45) is -0.416. The molecule has 0 radical (unpaired) electrons. The summed E-state index contributed by atoms with van der Waals surface area (Å²) in [5, 5.41) is 3.13. The Morgan fingerprint density at radius 1 is 1.22 bits per heavy atom. The normalized spacial score (nSPS) is 20.0. The van der Waals surface area contributed by atoms with Crippen molar-refractivity contribution in [1.82, 2.24) is 10.2 Å². The summed E-state index contributed by atoms with van der Waals surface area (Å²) in [6.45, 7) is 4.63. The van der Waals surface area contributed by atoms with Gasteiger partial charge in [0.15, 0.2) is 0 Å². The zero-order valence-electron chi connectivity index (χ0n) is 10.9. The van der Waals surface area contributed by atoms with Gasteiger partial charge in [-0.1, -0.05) is 6.42 Å². The second-order valence-corrected chi connectivity index (χ2v) is 4.82. The maximum Gasteiger partial charge on any atom is 0.411 e. The van der Waals surface area contributed by atoms with Crippen LogP contribution in [0.5, 0.6) is 0 Å². The van der Waals surface area contributed by atoms with Gasteiger partial charge in [-0.25, -0.2) is 0 Å². The molecule has 0 spiro atoms. The van der Waals surface area contributed by atoms with Crippen LogP contribution in [0.2, 0.25) is 0 Å². The fourth-order valence-corrected chi connectivity index (χ4v) is 2.13. The van der Waals surface area contributed by atoms with E-state index in [1.165, 1.54) is 19.3 Å². The monoisotopic (exact) mass is 268 g/mol. The first-order chi connectivity index (χ1) is 8.49. The highest BCUT2D eigenvalue weighted by Crippen LogP contribution is 2.14. The second-order valence-electron chi connectivity index (χ2n) is 4.82. The summed E-state index contributed by atoms with van der Waals surface area (Å²) < 4.78 is 39.9. The molecule has 0 bridgehead atoms. The number of piperidine rings is 1. The van der Waals surface area contributed by atoms with E-state index in [1.54, 1.807) is 0 Å². The Morgan fingerprint density at radius 2 is 1.89 bits per heavy atom. The molecule has 1 saturated heterocycles. The number of nitrogens with one attached hydrogen (secondary N) is 1. The van der Waals surface area contributed by atoms with Crippen LogP contribution in [0.25, 0.3) is 0 Å². The lowest BCUT2D eigenvalue weighted by molar-refractivity contribution is -0.173. The Kier molecular flexibility index (Phi) is 6.96. The first kappa shape index (κ1) is 15.7. The van der Waals surface area contributed by atoms with E-state index in [0.29, 0.717) is 12.6 Å². The Labute approximate surface area is 107 Å². The van der Waals surface area contributed by atoms with Crippen molar-refractivity contribution < 1.29 is 17.9 Å². The van der Waals surface area contributed by atoms with E-state index >= 15 is 0 Å². The van der Waals surface area contributed by atoms with Crippen molar-refractivity contribution in [3.63, 3.8) is 0 Å². The number of ether oxygens (including phenoxy) is 1. The van der Waals surface area contributed by atoms with Gasteiger partial charge in [-0.2, -0.15) is 13.2 Å². The minimum atomic E-state index is -4.22. The SMILES string of the molecule is CC(CNCCOCC(F)(F)F)N1CCCCC1. The van der Waals surface area contributed by atoms with E-state index in [0.717, 1.165) is 19.6 Å². The third-order valence-corrected chi connectivity index (χ3v) is 3.14. The minimum Gasteiger partial charge on any atom is -0.371 e. The van der Waals surface area contributed by atoms with E-state index in [9.17, 15) is 13.2 Å². The van der Waals surface area contributed by atoms with Gasteiger partial charge in [-0.05, 0) is 32.9 Å². The molecule has 1 atom stereocenters. The molecule has 0 aliphatic carbocycles. The molecule has 0 aromatic heterocycles. The van der Waals surface area contributed by atoms with Crippen molar-refractivity contribution in [3.05, 3.63) is 0 Å². The molecule has 1 aliphatic rings. The van der Waals surface area contributed by atoms with Crippen LogP contribution in [0, 0.1) is 0 Å². The third-order valence-electron chi connectivity index (χ3n) is 3.14. The highest BCUT2D eigenvalue weighted by molar-refractivity contribution is 4.73. The number of rotatable bonds is 7. The highest BCUT2D eigenvalue weighted by Gasteiger charge is 2.27. The van der Waals surface area contributed by atoms with Crippen molar-refractivity contribution >= 4 is 0 Å². The molecule has 6 heteroatoms.